The molecule has 0 bridgehead atoms. The van der Waals surface area contributed by atoms with Gasteiger partial charge >= 0.3 is 5.97 Å². The molecule has 0 unspecified atom stereocenters. The molecular formula is C6H6Br2N2O3S. The summed E-state index contributed by atoms with van der Waals surface area (Å²) in [6.07, 6.45) is 1.44. The van der Waals surface area contributed by atoms with Gasteiger partial charge in [0.2, 0.25) is 0 Å². The van der Waals surface area contributed by atoms with Gasteiger partial charge in [0.1, 0.15) is 0 Å². The van der Waals surface area contributed by atoms with Crippen LogP contribution in [0.4, 0.5) is 0 Å². The summed E-state index contributed by atoms with van der Waals surface area (Å²) in [7, 11) is 0. The standard InChI is InChI=1S/C6H6Br2N2O3S/c7-3-1-2(4(11)12)14-6(3,8)5(13)10-9/h1,3H,9H2,(H,10,13)(H,11,12)/t3-,6+/m1/s1. The number of nitrogens with one attached hydrogen (secondary N) is 1. The molecule has 1 aliphatic heterocycles. The van der Waals surface area contributed by atoms with Crippen LogP contribution in [0.1, 0.15) is 0 Å². The number of carbonyl (C=O) groups excluding carboxylic acids is 1. The number of aliphatic carboxylic acids is 1. The summed E-state index contributed by atoms with van der Waals surface area (Å²) in [5.74, 6) is 3.43. The predicted octanol–water partition coefficient (Wildman–Crippen LogP) is 0.546. The highest BCUT2D eigenvalue weighted by Gasteiger charge is 2.48. The number of thioether (sulfide) groups is 1. The van der Waals surface area contributed by atoms with Crippen molar-refractivity contribution in [2.45, 2.75) is 8.48 Å². The maximum absolute atomic E-state index is 11.4. The average Bonchev–Trinajstić information content (AvgIpc) is 2.43. The Morgan fingerprint density at radius 3 is 2.64 bits per heavy atom. The van der Waals surface area contributed by atoms with Crippen LogP contribution in [0.2, 0.25) is 0 Å². The molecule has 0 aromatic rings. The van der Waals surface area contributed by atoms with Gasteiger partial charge in [0.25, 0.3) is 5.91 Å². The van der Waals surface area contributed by atoms with Crippen LogP contribution >= 0.6 is 43.6 Å². The molecular weight excluding hydrogens is 340 g/mol. The van der Waals surface area contributed by atoms with Gasteiger partial charge < -0.3 is 5.11 Å². The molecule has 2 atom stereocenters. The van der Waals surface area contributed by atoms with Crippen LogP contribution in [-0.2, 0) is 9.59 Å². The zero-order chi connectivity index (χ0) is 10.9. The SMILES string of the molecule is NNC(=O)[C@@]1(Br)SC(C(=O)O)=C[C@H]1Br. The van der Waals surface area contributed by atoms with Crippen molar-refractivity contribution in [3.05, 3.63) is 11.0 Å². The van der Waals surface area contributed by atoms with E-state index in [0.717, 1.165) is 11.8 Å². The maximum atomic E-state index is 11.4. The third-order valence-corrected chi connectivity index (χ3v) is 6.04. The number of nitrogens with two attached hydrogens (primary N) is 1. The average molecular weight is 346 g/mol. The minimum Gasteiger partial charge on any atom is -0.477 e. The van der Waals surface area contributed by atoms with Crippen molar-refractivity contribution >= 4 is 55.5 Å². The molecule has 78 valence electrons. The van der Waals surface area contributed by atoms with Crippen LogP contribution in [0.25, 0.3) is 0 Å². The van der Waals surface area contributed by atoms with Gasteiger partial charge in [0, 0.05) is 0 Å². The monoisotopic (exact) mass is 344 g/mol. The summed E-state index contributed by atoms with van der Waals surface area (Å²) in [6.45, 7) is 0. The van der Waals surface area contributed by atoms with Gasteiger partial charge in [0.15, 0.2) is 3.66 Å². The van der Waals surface area contributed by atoms with Gasteiger partial charge in [-0.15, -0.1) is 0 Å². The Morgan fingerprint density at radius 1 is 1.71 bits per heavy atom. The van der Waals surface area contributed by atoms with Gasteiger partial charge in [-0.3, -0.25) is 10.2 Å². The Kier molecular flexibility index (Phi) is 3.62. The van der Waals surface area contributed by atoms with E-state index in [1.54, 1.807) is 0 Å². The Morgan fingerprint density at radius 2 is 2.29 bits per heavy atom. The molecule has 0 fully saturated rings. The second-order valence-electron chi connectivity index (χ2n) is 2.46. The summed E-state index contributed by atoms with van der Waals surface area (Å²) in [6, 6.07) is 0. The van der Waals surface area contributed by atoms with E-state index in [0.29, 0.717) is 0 Å². The molecule has 14 heavy (non-hydrogen) atoms. The van der Waals surface area contributed by atoms with E-state index in [9.17, 15) is 9.59 Å². The van der Waals surface area contributed by atoms with Crippen molar-refractivity contribution in [1.82, 2.24) is 5.43 Å². The largest absolute Gasteiger partial charge is 0.477 e. The minimum absolute atomic E-state index is 0.104. The first-order valence-electron chi connectivity index (χ1n) is 3.40. The molecule has 0 aromatic heterocycles. The smallest absolute Gasteiger partial charge is 0.341 e. The molecule has 1 amide bonds. The zero-order valence-corrected chi connectivity index (χ0v) is 10.6. The number of halogens is 2. The van der Waals surface area contributed by atoms with Crippen molar-refractivity contribution in [2.75, 3.05) is 0 Å². The summed E-state index contributed by atoms with van der Waals surface area (Å²) >= 11 is 7.24. The maximum Gasteiger partial charge on any atom is 0.341 e. The number of amides is 1. The Bertz CT molecular complexity index is 322. The Hall–Kier alpha value is -0.0500. The number of carbonyl (C=O) groups is 2. The van der Waals surface area contributed by atoms with E-state index in [4.69, 9.17) is 10.9 Å². The number of hydrogen-bond acceptors (Lipinski definition) is 4. The third kappa shape index (κ3) is 1.97. The van der Waals surface area contributed by atoms with Crippen LogP contribution in [0.15, 0.2) is 11.0 Å². The first-order chi connectivity index (χ1) is 6.41. The van der Waals surface area contributed by atoms with E-state index >= 15 is 0 Å². The fourth-order valence-electron chi connectivity index (χ4n) is 0.875. The van der Waals surface area contributed by atoms with Gasteiger partial charge in [0.05, 0.1) is 9.73 Å². The van der Waals surface area contributed by atoms with Gasteiger partial charge in [-0.05, 0) is 6.08 Å². The molecule has 0 aromatic carbocycles. The second kappa shape index (κ2) is 4.21. The van der Waals surface area contributed by atoms with Crippen LogP contribution in [0, 0.1) is 0 Å². The highest BCUT2D eigenvalue weighted by molar-refractivity contribution is 9.14. The lowest BCUT2D eigenvalue weighted by Crippen LogP contribution is -2.46. The number of carboxylic acids is 1. The molecule has 4 N–H and O–H groups in total. The third-order valence-electron chi connectivity index (χ3n) is 1.56. The van der Waals surface area contributed by atoms with Crippen LogP contribution < -0.4 is 11.3 Å². The first-order valence-corrected chi connectivity index (χ1v) is 5.92. The molecule has 0 aliphatic carbocycles. The number of carboxylic acid groups (broad SMARTS) is 1. The fourth-order valence-corrected chi connectivity index (χ4v) is 3.52. The van der Waals surface area contributed by atoms with Crippen molar-refractivity contribution in [3.8, 4) is 0 Å². The minimum atomic E-state index is -1.09. The number of hydrogen-bond donors (Lipinski definition) is 3. The van der Waals surface area contributed by atoms with Gasteiger partial charge in [-0.1, -0.05) is 43.6 Å². The molecule has 0 saturated heterocycles. The van der Waals surface area contributed by atoms with Crippen molar-refractivity contribution in [2.24, 2.45) is 5.84 Å². The molecule has 5 nitrogen and oxygen atoms in total. The molecule has 1 rings (SSSR count). The molecule has 1 aliphatic rings. The van der Waals surface area contributed by atoms with E-state index in [-0.39, 0.29) is 4.91 Å². The number of allylic oxidation sites excluding steroid dienone is 1. The summed E-state index contributed by atoms with van der Waals surface area (Å²) in [5.41, 5.74) is 1.97. The zero-order valence-electron chi connectivity index (χ0n) is 6.66. The lowest BCUT2D eigenvalue weighted by atomic mass is 10.2. The highest BCUT2D eigenvalue weighted by atomic mass is 79.9. The first kappa shape index (κ1) is 12.0. The molecule has 0 spiro atoms. The topological polar surface area (TPSA) is 92.4 Å². The van der Waals surface area contributed by atoms with Crippen LogP contribution in [-0.4, -0.2) is 25.5 Å². The normalized spacial score (nSPS) is 31.1. The molecule has 1 heterocycles. The lowest BCUT2D eigenvalue weighted by molar-refractivity contribution is -0.131. The van der Waals surface area contributed by atoms with Gasteiger partial charge in [-0.25, -0.2) is 10.6 Å². The van der Waals surface area contributed by atoms with Gasteiger partial charge in [-0.2, -0.15) is 0 Å². The predicted molar refractivity (Wildman–Crippen MR) is 60.0 cm³/mol. The summed E-state index contributed by atoms with van der Waals surface area (Å²) in [4.78, 5) is 21.7. The fraction of sp³-hybridized carbons (Fsp3) is 0.333. The summed E-state index contributed by atoms with van der Waals surface area (Å²) < 4.78 is -1.09. The number of hydrazine groups is 1. The van der Waals surface area contributed by atoms with E-state index in [1.165, 1.54) is 6.08 Å². The molecule has 0 radical (unpaired) electrons. The number of rotatable bonds is 2. The Balaban J connectivity index is 2.90. The number of alkyl halides is 2. The molecule has 0 saturated carbocycles. The van der Waals surface area contributed by atoms with Crippen molar-refractivity contribution in [3.63, 3.8) is 0 Å². The van der Waals surface area contributed by atoms with E-state index in [1.807, 2.05) is 5.43 Å². The second-order valence-corrected chi connectivity index (χ2v) is 6.51. The highest BCUT2D eigenvalue weighted by Crippen LogP contribution is 2.50. The van der Waals surface area contributed by atoms with E-state index in [2.05, 4.69) is 31.9 Å². The van der Waals surface area contributed by atoms with Crippen LogP contribution in [0.3, 0.4) is 0 Å². The lowest BCUT2D eigenvalue weighted by Gasteiger charge is -2.22. The Labute approximate surface area is 101 Å². The van der Waals surface area contributed by atoms with Crippen LogP contribution in [0.5, 0.6) is 0 Å². The van der Waals surface area contributed by atoms with E-state index < -0.39 is 20.4 Å². The summed E-state index contributed by atoms with van der Waals surface area (Å²) in [5, 5.41) is 8.72. The quantitative estimate of drug-likeness (QED) is 0.294. The molecule has 8 heteroatoms. The van der Waals surface area contributed by atoms with Crippen molar-refractivity contribution in [1.29, 1.82) is 0 Å². The van der Waals surface area contributed by atoms with Crippen molar-refractivity contribution < 1.29 is 14.7 Å².